The Labute approximate surface area is 167 Å². The van der Waals surface area contributed by atoms with Crippen molar-refractivity contribution in [2.24, 2.45) is 5.92 Å². The van der Waals surface area contributed by atoms with Crippen LogP contribution in [-0.2, 0) is 9.53 Å². The minimum absolute atomic E-state index is 0.325. The van der Waals surface area contributed by atoms with E-state index in [1.165, 1.54) is 0 Å². The maximum Gasteiger partial charge on any atom is 0.338 e. The van der Waals surface area contributed by atoms with Crippen LogP contribution in [0.2, 0.25) is 0 Å². The minimum atomic E-state index is -0.598. The Kier molecular flexibility index (Phi) is 6.33. The fourth-order valence-corrected chi connectivity index (χ4v) is 2.62. The fourth-order valence-electron chi connectivity index (χ4n) is 2.62. The highest BCUT2D eigenvalue weighted by atomic mass is 16.5. The predicted molar refractivity (Wildman–Crippen MR) is 109 cm³/mol. The van der Waals surface area contributed by atoms with E-state index in [2.05, 4.69) is 29.1 Å². The molecule has 0 radical (unpaired) electrons. The van der Waals surface area contributed by atoms with Gasteiger partial charge in [-0.25, -0.2) is 9.59 Å². The minimum Gasteiger partial charge on any atom is -0.494 e. The van der Waals surface area contributed by atoms with Crippen molar-refractivity contribution < 1.29 is 19.1 Å². The monoisotopic (exact) mass is 397 g/mol. The molecule has 2 aromatic carbocycles. The molecule has 0 atom stereocenters. The third-order valence-electron chi connectivity index (χ3n) is 4.19. The SMILES string of the molecule is CC(C)CCOc1ccc(C(=O)OCC(=O)Nc2ccc3[nH]c(=O)[nH]c3c2)cc1. The van der Waals surface area contributed by atoms with Gasteiger partial charge in [0.2, 0.25) is 0 Å². The van der Waals surface area contributed by atoms with E-state index in [0.717, 1.165) is 6.42 Å². The molecule has 0 aliphatic rings. The summed E-state index contributed by atoms with van der Waals surface area (Å²) in [6, 6.07) is 11.5. The number of fused-ring (bicyclic) bond motifs is 1. The first-order valence-corrected chi connectivity index (χ1v) is 9.32. The van der Waals surface area contributed by atoms with Crippen molar-refractivity contribution in [3.05, 3.63) is 58.5 Å². The topological polar surface area (TPSA) is 113 Å². The molecule has 3 rings (SSSR count). The standard InChI is InChI=1S/C21H23N3O5/c1-13(2)9-10-28-16-6-3-14(4-7-16)20(26)29-12-19(25)22-15-5-8-17-18(11-15)24-21(27)23-17/h3-8,11,13H,9-10,12H2,1-2H3,(H,22,25)(H2,23,24,27). The zero-order valence-electron chi connectivity index (χ0n) is 16.3. The second-order valence-electron chi connectivity index (χ2n) is 7.02. The first kappa shape index (κ1) is 20.2. The summed E-state index contributed by atoms with van der Waals surface area (Å²) in [5.74, 6) is 0.157. The molecule has 152 valence electrons. The van der Waals surface area contributed by atoms with E-state index in [0.29, 0.717) is 40.6 Å². The number of amides is 1. The fraction of sp³-hybridized carbons (Fsp3) is 0.286. The highest BCUT2D eigenvalue weighted by Crippen LogP contribution is 2.15. The predicted octanol–water partition coefficient (Wildman–Crippen LogP) is 3.08. The highest BCUT2D eigenvalue weighted by molar-refractivity contribution is 5.96. The first-order valence-electron chi connectivity index (χ1n) is 9.32. The molecule has 29 heavy (non-hydrogen) atoms. The summed E-state index contributed by atoms with van der Waals surface area (Å²) in [5, 5.41) is 2.62. The third kappa shape index (κ3) is 5.71. The summed E-state index contributed by atoms with van der Waals surface area (Å²) >= 11 is 0. The lowest BCUT2D eigenvalue weighted by Gasteiger charge is -2.09. The Balaban J connectivity index is 1.48. The lowest BCUT2D eigenvalue weighted by Crippen LogP contribution is -2.20. The second kappa shape index (κ2) is 9.09. The quantitative estimate of drug-likeness (QED) is 0.506. The number of benzene rings is 2. The molecule has 8 heteroatoms. The molecule has 1 amide bonds. The van der Waals surface area contributed by atoms with Crippen LogP contribution in [0, 0.1) is 5.92 Å². The average molecular weight is 397 g/mol. The van der Waals surface area contributed by atoms with E-state index in [4.69, 9.17) is 9.47 Å². The van der Waals surface area contributed by atoms with Gasteiger partial charge in [-0.1, -0.05) is 13.8 Å². The molecule has 0 bridgehead atoms. The molecule has 3 aromatic rings. The van der Waals surface area contributed by atoms with Crippen LogP contribution >= 0.6 is 0 Å². The lowest BCUT2D eigenvalue weighted by atomic mass is 10.1. The largest absolute Gasteiger partial charge is 0.494 e. The lowest BCUT2D eigenvalue weighted by molar-refractivity contribution is -0.119. The summed E-state index contributed by atoms with van der Waals surface area (Å²) < 4.78 is 10.7. The summed E-state index contributed by atoms with van der Waals surface area (Å²) in [6.45, 7) is 4.44. The Morgan fingerprint density at radius 3 is 2.48 bits per heavy atom. The summed E-state index contributed by atoms with van der Waals surface area (Å²) in [5.41, 5.74) is 1.70. The Bertz CT molecular complexity index is 1050. The zero-order chi connectivity index (χ0) is 20.8. The number of aromatic amines is 2. The average Bonchev–Trinajstić information content (AvgIpc) is 3.05. The van der Waals surface area contributed by atoms with Gasteiger partial charge in [0.1, 0.15) is 5.75 Å². The van der Waals surface area contributed by atoms with E-state index >= 15 is 0 Å². The van der Waals surface area contributed by atoms with Crippen LogP contribution in [0.1, 0.15) is 30.6 Å². The number of nitrogens with one attached hydrogen (secondary N) is 3. The van der Waals surface area contributed by atoms with Gasteiger partial charge in [-0.3, -0.25) is 4.79 Å². The number of hydrogen-bond acceptors (Lipinski definition) is 5. The van der Waals surface area contributed by atoms with E-state index in [1.807, 2.05) is 0 Å². The van der Waals surface area contributed by atoms with Gasteiger partial charge in [-0.2, -0.15) is 0 Å². The van der Waals surface area contributed by atoms with Crippen LogP contribution in [0.4, 0.5) is 5.69 Å². The van der Waals surface area contributed by atoms with Crippen molar-refractivity contribution in [1.29, 1.82) is 0 Å². The number of carbonyl (C=O) groups excluding carboxylic acids is 2. The van der Waals surface area contributed by atoms with Gasteiger partial charge in [0.15, 0.2) is 6.61 Å². The van der Waals surface area contributed by atoms with Crippen LogP contribution in [0.25, 0.3) is 11.0 Å². The number of H-pyrrole nitrogens is 2. The Morgan fingerprint density at radius 2 is 1.76 bits per heavy atom. The van der Waals surface area contributed by atoms with Crippen molar-refractivity contribution >= 4 is 28.6 Å². The molecule has 0 spiro atoms. The number of hydrogen-bond donors (Lipinski definition) is 3. The summed E-state index contributed by atoms with van der Waals surface area (Å²) in [6.07, 6.45) is 0.950. The summed E-state index contributed by atoms with van der Waals surface area (Å²) in [4.78, 5) is 40.6. The third-order valence-corrected chi connectivity index (χ3v) is 4.19. The van der Waals surface area contributed by atoms with Crippen LogP contribution in [0.5, 0.6) is 5.75 Å². The summed E-state index contributed by atoms with van der Waals surface area (Å²) in [7, 11) is 0. The number of imidazole rings is 1. The molecule has 8 nitrogen and oxygen atoms in total. The van der Waals surface area contributed by atoms with Crippen molar-refractivity contribution in [1.82, 2.24) is 9.97 Å². The number of esters is 1. The normalized spacial score (nSPS) is 10.9. The molecule has 1 heterocycles. The Morgan fingerprint density at radius 1 is 1.03 bits per heavy atom. The number of anilines is 1. The van der Waals surface area contributed by atoms with Gasteiger partial charge in [0.05, 0.1) is 23.2 Å². The zero-order valence-corrected chi connectivity index (χ0v) is 16.3. The van der Waals surface area contributed by atoms with Crippen molar-refractivity contribution in [3.63, 3.8) is 0 Å². The van der Waals surface area contributed by atoms with Crippen molar-refractivity contribution in [2.75, 3.05) is 18.5 Å². The van der Waals surface area contributed by atoms with E-state index in [-0.39, 0.29) is 5.69 Å². The molecule has 0 fully saturated rings. The molecular formula is C21H23N3O5. The van der Waals surface area contributed by atoms with Crippen molar-refractivity contribution in [3.8, 4) is 5.75 Å². The van der Waals surface area contributed by atoms with Gasteiger partial charge in [0, 0.05) is 5.69 Å². The molecule has 0 saturated heterocycles. The van der Waals surface area contributed by atoms with Gasteiger partial charge < -0.3 is 24.8 Å². The van der Waals surface area contributed by atoms with Gasteiger partial charge in [0.25, 0.3) is 5.91 Å². The molecule has 1 aromatic heterocycles. The molecule has 0 unspecified atom stereocenters. The van der Waals surface area contributed by atoms with E-state index in [9.17, 15) is 14.4 Å². The first-order chi connectivity index (χ1) is 13.9. The van der Waals surface area contributed by atoms with Crippen LogP contribution in [0.3, 0.4) is 0 Å². The van der Waals surface area contributed by atoms with Gasteiger partial charge in [-0.05, 0) is 54.8 Å². The molecule has 0 aliphatic heterocycles. The highest BCUT2D eigenvalue weighted by Gasteiger charge is 2.11. The van der Waals surface area contributed by atoms with E-state index < -0.39 is 18.5 Å². The molecular weight excluding hydrogens is 374 g/mol. The Hall–Kier alpha value is -3.55. The maximum atomic E-state index is 12.1. The molecule has 0 saturated carbocycles. The number of aromatic nitrogens is 2. The second-order valence-corrected chi connectivity index (χ2v) is 7.02. The van der Waals surface area contributed by atoms with Crippen LogP contribution in [-0.4, -0.2) is 35.1 Å². The van der Waals surface area contributed by atoms with Gasteiger partial charge >= 0.3 is 11.7 Å². The number of carbonyl (C=O) groups is 2. The van der Waals surface area contributed by atoms with E-state index in [1.54, 1.807) is 42.5 Å². The molecule has 3 N–H and O–H groups in total. The van der Waals surface area contributed by atoms with Crippen LogP contribution < -0.4 is 15.7 Å². The molecule has 0 aliphatic carbocycles. The van der Waals surface area contributed by atoms with Gasteiger partial charge in [-0.15, -0.1) is 0 Å². The van der Waals surface area contributed by atoms with Crippen molar-refractivity contribution in [2.45, 2.75) is 20.3 Å². The van der Waals surface area contributed by atoms with Crippen LogP contribution in [0.15, 0.2) is 47.3 Å². The maximum absolute atomic E-state index is 12.1. The number of rotatable bonds is 8. The smallest absolute Gasteiger partial charge is 0.338 e. The number of ether oxygens (including phenoxy) is 2.